The minimum absolute atomic E-state index is 0.0133. The molecule has 1 aromatic heterocycles. The number of phenols is 1. The molecule has 1 atom stereocenters. The second-order valence-corrected chi connectivity index (χ2v) is 6.46. The second-order valence-electron chi connectivity index (χ2n) is 6.46. The molecule has 2 heterocycles. The quantitative estimate of drug-likeness (QED) is 0.858. The largest absolute Gasteiger partial charge is 0.508 e. The summed E-state index contributed by atoms with van der Waals surface area (Å²) in [5, 5.41) is 13.9. The number of carbonyl (C=O) groups is 2. The zero-order valence-corrected chi connectivity index (χ0v) is 14.8. The number of rotatable bonds is 5. The fourth-order valence-electron chi connectivity index (χ4n) is 2.90. The lowest BCUT2D eigenvalue weighted by Crippen LogP contribution is -2.43. The predicted molar refractivity (Wildman–Crippen MR) is 93.6 cm³/mol. The number of nitrogens with zero attached hydrogens (tertiary/aromatic N) is 4. The van der Waals surface area contributed by atoms with E-state index in [0.29, 0.717) is 18.7 Å². The Kier molecular flexibility index (Phi) is 5.22. The van der Waals surface area contributed by atoms with Gasteiger partial charge in [0.15, 0.2) is 0 Å². The molecule has 0 spiro atoms. The van der Waals surface area contributed by atoms with Crippen molar-refractivity contribution in [2.75, 3.05) is 33.9 Å². The third kappa shape index (κ3) is 3.85. The van der Waals surface area contributed by atoms with E-state index in [2.05, 4.69) is 5.10 Å². The molecular weight excluding hydrogens is 336 g/mol. The van der Waals surface area contributed by atoms with E-state index >= 15 is 0 Å². The van der Waals surface area contributed by atoms with Gasteiger partial charge in [-0.15, -0.1) is 0 Å². The van der Waals surface area contributed by atoms with Crippen molar-refractivity contribution >= 4 is 11.8 Å². The third-order valence-corrected chi connectivity index (χ3v) is 4.30. The highest BCUT2D eigenvalue weighted by atomic mass is 16.5. The van der Waals surface area contributed by atoms with E-state index in [1.165, 1.54) is 17.0 Å². The zero-order chi connectivity index (χ0) is 18.7. The molecule has 3 rings (SSSR count). The van der Waals surface area contributed by atoms with Crippen molar-refractivity contribution in [2.45, 2.75) is 12.6 Å². The summed E-state index contributed by atoms with van der Waals surface area (Å²) in [7, 11) is 3.35. The normalized spacial score (nSPS) is 16.2. The fourth-order valence-corrected chi connectivity index (χ4v) is 2.90. The van der Waals surface area contributed by atoms with Crippen molar-refractivity contribution in [1.29, 1.82) is 0 Å². The number of amides is 2. The highest BCUT2D eigenvalue weighted by Crippen LogP contribution is 2.23. The Morgan fingerprint density at radius 3 is 2.88 bits per heavy atom. The summed E-state index contributed by atoms with van der Waals surface area (Å²) in [5.41, 5.74) is 1.33. The van der Waals surface area contributed by atoms with Crippen LogP contribution in [0.4, 0.5) is 0 Å². The fraction of sp³-hybridized carbons (Fsp3) is 0.389. The average molecular weight is 358 g/mol. The van der Waals surface area contributed by atoms with Crippen LogP contribution >= 0.6 is 0 Å². The van der Waals surface area contributed by atoms with Crippen LogP contribution in [0.5, 0.6) is 5.75 Å². The summed E-state index contributed by atoms with van der Waals surface area (Å²) in [6, 6.07) is 7.99. The summed E-state index contributed by atoms with van der Waals surface area (Å²) < 4.78 is 7.39. The first-order chi connectivity index (χ1) is 12.5. The van der Waals surface area contributed by atoms with Crippen LogP contribution < -0.4 is 0 Å². The van der Waals surface area contributed by atoms with E-state index in [-0.39, 0.29) is 36.8 Å². The predicted octanol–water partition coefficient (Wildman–Crippen LogP) is 0.891. The van der Waals surface area contributed by atoms with Crippen LogP contribution in [0.15, 0.2) is 36.5 Å². The molecule has 0 saturated carbocycles. The number of benzene rings is 1. The molecule has 8 nitrogen and oxygen atoms in total. The lowest BCUT2D eigenvalue weighted by molar-refractivity contribution is -0.134. The van der Waals surface area contributed by atoms with Gasteiger partial charge in [-0.3, -0.25) is 14.3 Å². The van der Waals surface area contributed by atoms with E-state index in [9.17, 15) is 14.7 Å². The maximum Gasteiger partial charge on any atom is 0.254 e. The first kappa shape index (κ1) is 17.9. The van der Waals surface area contributed by atoms with Crippen molar-refractivity contribution in [3.8, 4) is 5.75 Å². The number of hydrogen-bond acceptors (Lipinski definition) is 5. The van der Waals surface area contributed by atoms with Crippen LogP contribution in [0.3, 0.4) is 0 Å². The molecule has 1 aliphatic heterocycles. The highest BCUT2D eigenvalue weighted by molar-refractivity contribution is 5.94. The van der Waals surface area contributed by atoms with Crippen molar-refractivity contribution in [1.82, 2.24) is 19.6 Å². The first-order valence-corrected chi connectivity index (χ1v) is 8.34. The van der Waals surface area contributed by atoms with Crippen LogP contribution in [0, 0.1) is 0 Å². The molecule has 2 aromatic rings. The van der Waals surface area contributed by atoms with Gasteiger partial charge in [-0.2, -0.15) is 5.10 Å². The lowest BCUT2D eigenvalue weighted by atomic mass is 10.1. The molecule has 1 aromatic carbocycles. The molecule has 0 saturated heterocycles. The number of fused-ring (bicyclic) bond motifs is 1. The summed E-state index contributed by atoms with van der Waals surface area (Å²) in [6.07, 6.45) is 1.69. The Bertz CT molecular complexity index is 802. The number of aromatic hydroxyl groups is 1. The average Bonchev–Trinajstić information content (AvgIpc) is 3.09. The number of hydrogen-bond donors (Lipinski definition) is 1. The van der Waals surface area contributed by atoms with Crippen molar-refractivity contribution in [3.05, 3.63) is 47.8 Å². The van der Waals surface area contributed by atoms with Gasteiger partial charge in [0.25, 0.3) is 5.91 Å². The molecule has 0 bridgehead atoms. The molecule has 1 N–H and O–H groups in total. The summed E-state index contributed by atoms with van der Waals surface area (Å²) in [5.74, 6) is -0.225. The molecule has 0 aliphatic carbocycles. The van der Waals surface area contributed by atoms with Gasteiger partial charge in [0.1, 0.15) is 12.4 Å². The smallest absolute Gasteiger partial charge is 0.254 e. The topological polar surface area (TPSA) is 87.9 Å². The highest BCUT2D eigenvalue weighted by Gasteiger charge is 2.29. The molecule has 2 amide bonds. The Morgan fingerprint density at radius 2 is 2.15 bits per heavy atom. The Labute approximate surface area is 151 Å². The maximum atomic E-state index is 12.8. The Hall–Kier alpha value is -2.87. The summed E-state index contributed by atoms with van der Waals surface area (Å²) >= 11 is 0. The van der Waals surface area contributed by atoms with Gasteiger partial charge in [-0.25, -0.2) is 0 Å². The minimum atomic E-state index is -0.176. The number of phenolic OH excluding ortho intramolecular Hbond substituents is 1. The van der Waals surface area contributed by atoms with Gasteiger partial charge in [0.05, 0.1) is 24.9 Å². The van der Waals surface area contributed by atoms with Crippen LogP contribution in [-0.4, -0.2) is 70.4 Å². The molecule has 8 heteroatoms. The van der Waals surface area contributed by atoms with Gasteiger partial charge in [-0.05, 0) is 24.3 Å². The molecular formula is C18H22N4O4. The maximum absolute atomic E-state index is 12.8. The van der Waals surface area contributed by atoms with Gasteiger partial charge in [0, 0.05) is 32.4 Å². The second kappa shape index (κ2) is 7.57. The first-order valence-electron chi connectivity index (χ1n) is 8.34. The van der Waals surface area contributed by atoms with Crippen LogP contribution in [0.1, 0.15) is 22.1 Å². The van der Waals surface area contributed by atoms with Gasteiger partial charge < -0.3 is 19.6 Å². The van der Waals surface area contributed by atoms with Gasteiger partial charge in [0.2, 0.25) is 5.91 Å². The summed E-state index contributed by atoms with van der Waals surface area (Å²) in [4.78, 5) is 27.6. The van der Waals surface area contributed by atoms with E-state index in [1.54, 1.807) is 37.3 Å². The van der Waals surface area contributed by atoms with Gasteiger partial charge >= 0.3 is 0 Å². The van der Waals surface area contributed by atoms with E-state index in [0.717, 1.165) is 5.69 Å². The van der Waals surface area contributed by atoms with E-state index in [4.69, 9.17) is 4.74 Å². The standard InChI is InChI=1S/C18H22N4O4/c1-20(2)17(24)12-26-11-15-10-21(9-14-6-7-19-22(14)15)18(25)13-4-3-5-16(23)8-13/h3-8,15,23H,9-12H2,1-2H3. The minimum Gasteiger partial charge on any atom is -0.508 e. The summed E-state index contributed by atoms with van der Waals surface area (Å²) in [6.45, 7) is 1.11. The number of carbonyl (C=O) groups excluding carboxylic acids is 2. The van der Waals surface area contributed by atoms with Crippen molar-refractivity contribution < 1.29 is 19.4 Å². The molecule has 26 heavy (non-hydrogen) atoms. The van der Waals surface area contributed by atoms with Crippen LogP contribution in [-0.2, 0) is 16.1 Å². The molecule has 0 radical (unpaired) electrons. The number of ether oxygens (including phenoxy) is 1. The van der Waals surface area contributed by atoms with E-state index < -0.39 is 0 Å². The van der Waals surface area contributed by atoms with Crippen molar-refractivity contribution in [2.24, 2.45) is 0 Å². The van der Waals surface area contributed by atoms with E-state index in [1.807, 2.05) is 10.7 Å². The molecule has 1 aliphatic rings. The Balaban J connectivity index is 1.71. The molecule has 1 unspecified atom stereocenters. The van der Waals surface area contributed by atoms with Crippen LogP contribution in [0.2, 0.25) is 0 Å². The Morgan fingerprint density at radius 1 is 1.35 bits per heavy atom. The third-order valence-electron chi connectivity index (χ3n) is 4.30. The number of aromatic nitrogens is 2. The van der Waals surface area contributed by atoms with Crippen molar-refractivity contribution in [3.63, 3.8) is 0 Å². The van der Waals surface area contributed by atoms with Gasteiger partial charge in [-0.1, -0.05) is 6.07 Å². The zero-order valence-electron chi connectivity index (χ0n) is 14.8. The number of likely N-dealkylation sites (N-methyl/N-ethyl adjacent to an activating group) is 1. The van der Waals surface area contributed by atoms with Crippen LogP contribution in [0.25, 0.3) is 0 Å². The SMILES string of the molecule is CN(C)C(=O)COCC1CN(C(=O)c2cccc(O)c2)Cc2ccnn21. The molecule has 0 fully saturated rings. The monoisotopic (exact) mass is 358 g/mol. The lowest BCUT2D eigenvalue weighted by Gasteiger charge is -2.34. The molecule has 138 valence electrons.